The van der Waals surface area contributed by atoms with Crippen molar-refractivity contribution in [1.82, 2.24) is 9.97 Å². The van der Waals surface area contributed by atoms with Crippen molar-refractivity contribution < 1.29 is 0 Å². The fourth-order valence-electron chi connectivity index (χ4n) is 3.23. The number of allylic oxidation sites excluding steroid dienone is 1. The van der Waals surface area contributed by atoms with Gasteiger partial charge in [-0.25, -0.2) is 4.98 Å². The van der Waals surface area contributed by atoms with E-state index in [1.165, 1.54) is 31.2 Å². The van der Waals surface area contributed by atoms with Crippen LogP contribution in [-0.4, -0.2) is 23.1 Å². The van der Waals surface area contributed by atoms with E-state index in [9.17, 15) is 0 Å². The highest BCUT2D eigenvalue weighted by atomic mass is 35.5. The van der Waals surface area contributed by atoms with Crippen LogP contribution < -0.4 is 10.6 Å². The standard InChI is InChI=1S/C21H27ClN4/c1-16-14-20(23-12-10-17-6-3-2-4-7-17)26-21(25-16)24-13-11-18-8-5-9-19(22)15-18/h5-6,8-9,14-15H,2-4,7,10-13H2,1H3,(H2,23,24,25,26). The molecule has 0 saturated heterocycles. The number of benzene rings is 1. The minimum atomic E-state index is 0.673. The summed E-state index contributed by atoms with van der Waals surface area (Å²) in [7, 11) is 0. The molecule has 1 aromatic carbocycles. The van der Waals surface area contributed by atoms with E-state index >= 15 is 0 Å². The van der Waals surface area contributed by atoms with Gasteiger partial charge in [0.2, 0.25) is 5.95 Å². The van der Waals surface area contributed by atoms with Crippen molar-refractivity contribution in [3.63, 3.8) is 0 Å². The number of nitrogens with one attached hydrogen (secondary N) is 2. The third-order valence-electron chi connectivity index (χ3n) is 4.58. The molecule has 1 heterocycles. The number of anilines is 2. The molecule has 5 heteroatoms. The third kappa shape index (κ3) is 6.03. The van der Waals surface area contributed by atoms with Crippen molar-refractivity contribution >= 4 is 23.4 Å². The molecule has 1 aliphatic carbocycles. The van der Waals surface area contributed by atoms with Crippen LogP contribution in [-0.2, 0) is 6.42 Å². The molecule has 0 unspecified atom stereocenters. The first-order valence-electron chi connectivity index (χ1n) is 9.45. The zero-order valence-corrected chi connectivity index (χ0v) is 16.1. The molecular formula is C21H27ClN4. The van der Waals surface area contributed by atoms with Gasteiger partial charge in [0.1, 0.15) is 5.82 Å². The van der Waals surface area contributed by atoms with Gasteiger partial charge in [-0.3, -0.25) is 0 Å². The molecule has 0 spiro atoms. The molecule has 0 aliphatic heterocycles. The largest absolute Gasteiger partial charge is 0.370 e. The Balaban J connectivity index is 1.49. The first-order valence-corrected chi connectivity index (χ1v) is 9.82. The quantitative estimate of drug-likeness (QED) is 0.611. The van der Waals surface area contributed by atoms with E-state index in [-0.39, 0.29) is 0 Å². The Hall–Kier alpha value is -2.07. The van der Waals surface area contributed by atoms with Gasteiger partial charge in [0, 0.05) is 29.9 Å². The summed E-state index contributed by atoms with van der Waals surface area (Å²) in [6.45, 7) is 3.69. The summed E-state index contributed by atoms with van der Waals surface area (Å²) in [4.78, 5) is 9.07. The lowest BCUT2D eigenvalue weighted by Crippen LogP contribution is -2.11. The summed E-state index contributed by atoms with van der Waals surface area (Å²) in [6.07, 6.45) is 9.55. The van der Waals surface area contributed by atoms with Gasteiger partial charge in [0.25, 0.3) is 0 Å². The van der Waals surface area contributed by atoms with Crippen LogP contribution in [0.3, 0.4) is 0 Å². The number of aromatic nitrogens is 2. The number of rotatable bonds is 8. The molecule has 1 aromatic heterocycles. The molecular weight excluding hydrogens is 344 g/mol. The van der Waals surface area contributed by atoms with Crippen molar-refractivity contribution in [3.05, 3.63) is 58.3 Å². The Kier molecular flexibility index (Phi) is 6.89. The van der Waals surface area contributed by atoms with Crippen LogP contribution in [0.15, 0.2) is 42.0 Å². The predicted molar refractivity (Wildman–Crippen MR) is 110 cm³/mol. The van der Waals surface area contributed by atoms with Gasteiger partial charge in [-0.15, -0.1) is 0 Å². The van der Waals surface area contributed by atoms with Gasteiger partial charge in [-0.05, 0) is 63.1 Å². The van der Waals surface area contributed by atoms with Gasteiger partial charge < -0.3 is 10.6 Å². The smallest absolute Gasteiger partial charge is 0.224 e. The normalized spacial score (nSPS) is 14.0. The van der Waals surface area contributed by atoms with Gasteiger partial charge in [0.15, 0.2) is 0 Å². The third-order valence-corrected chi connectivity index (χ3v) is 4.81. The number of hydrogen-bond donors (Lipinski definition) is 2. The van der Waals surface area contributed by atoms with Gasteiger partial charge >= 0.3 is 0 Å². The second kappa shape index (κ2) is 9.58. The Morgan fingerprint density at radius 2 is 1.92 bits per heavy atom. The van der Waals surface area contributed by atoms with E-state index in [0.717, 1.165) is 42.5 Å². The first kappa shape index (κ1) is 18.7. The number of hydrogen-bond acceptors (Lipinski definition) is 4. The van der Waals surface area contributed by atoms with Crippen LogP contribution in [0.25, 0.3) is 0 Å². The van der Waals surface area contributed by atoms with Crippen molar-refractivity contribution in [3.8, 4) is 0 Å². The molecule has 2 aromatic rings. The highest BCUT2D eigenvalue weighted by molar-refractivity contribution is 6.30. The van der Waals surface area contributed by atoms with Crippen molar-refractivity contribution in [2.75, 3.05) is 23.7 Å². The number of halogens is 1. The van der Waals surface area contributed by atoms with Crippen LogP contribution in [0.4, 0.5) is 11.8 Å². The Bertz CT molecular complexity index is 757. The molecule has 3 rings (SSSR count). The number of nitrogens with zero attached hydrogens (tertiary/aromatic N) is 2. The zero-order chi connectivity index (χ0) is 18.2. The predicted octanol–water partition coefficient (Wildman–Crippen LogP) is 5.40. The molecule has 2 N–H and O–H groups in total. The molecule has 0 fully saturated rings. The second-order valence-electron chi connectivity index (χ2n) is 6.81. The van der Waals surface area contributed by atoms with Gasteiger partial charge in [-0.2, -0.15) is 4.98 Å². The van der Waals surface area contributed by atoms with Crippen molar-refractivity contribution in [2.45, 2.75) is 45.4 Å². The molecule has 26 heavy (non-hydrogen) atoms. The minimum Gasteiger partial charge on any atom is -0.370 e. The highest BCUT2D eigenvalue weighted by Gasteiger charge is 2.05. The average Bonchev–Trinajstić information content (AvgIpc) is 2.62. The second-order valence-corrected chi connectivity index (χ2v) is 7.25. The topological polar surface area (TPSA) is 49.8 Å². The summed E-state index contributed by atoms with van der Waals surface area (Å²) in [5, 5.41) is 7.53. The number of aryl methyl sites for hydroxylation is 1. The van der Waals surface area contributed by atoms with Crippen LogP contribution in [0.1, 0.15) is 43.4 Å². The molecule has 0 bridgehead atoms. The van der Waals surface area contributed by atoms with E-state index in [4.69, 9.17) is 11.6 Å². The summed E-state index contributed by atoms with van der Waals surface area (Å²) < 4.78 is 0. The summed E-state index contributed by atoms with van der Waals surface area (Å²) in [6, 6.07) is 9.94. The molecule has 0 atom stereocenters. The Morgan fingerprint density at radius 1 is 1.04 bits per heavy atom. The molecule has 1 aliphatic rings. The van der Waals surface area contributed by atoms with Crippen LogP contribution >= 0.6 is 11.6 Å². The van der Waals surface area contributed by atoms with Crippen molar-refractivity contribution in [2.24, 2.45) is 0 Å². The van der Waals surface area contributed by atoms with E-state index in [2.05, 4.69) is 32.7 Å². The maximum atomic E-state index is 6.03. The fraction of sp³-hybridized carbons (Fsp3) is 0.429. The molecule has 0 saturated carbocycles. The van der Waals surface area contributed by atoms with Gasteiger partial charge in [-0.1, -0.05) is 35.4 Å². The average molecular weight is 371 g/mol. The maximum absolute atomic E-state index is 6.03. The highest BCUT2D eigenvalue weighted by Crippen LogP contribution is 2.20. The van der Waals surface area contributed by atoms with Gasteiger partial charge in [0.05, 0.1) is 0 Å². The van der Waals surface area contributed by atoms with E-state index in [0.29, 0.717) is 5.95 Å². The molecule has 4 nitrogen and oxygen atoms in total. The maximum Gasteiger partial charge on any atom is 0.224 e. The van der Waals surface area contributed by atoms with E-state index in [1.807, 2.05) is 31.2 Å². The molecule has 0 amide bonds. The Labute approximate surface area is 161 Å². The van der Waals surface area contributed by atoms with Crippen LogP contribution in [0.2, 0.25) is 5.02 Å². The summed E-state index contributed by atoms with van der Waals surface area (Å²) >= 11 is 6.03. The van der Waals surface area contributed by atoms with Crippen LogP contribution in [0, 0.1) is 6.92 Å². The lowest BCUT2D eigenvalue weighted by atomic mass is 9.97. The lowest BCUT2D eigenvalue weighted by Gasteiger charge is -2.14. The molecule has 138 valence electrons. The van der Waals surface area contributed by atoms with Crippen LogP contribution in [0.5, 0.6) is 0 Å². The van der Waals surface area contributed by atoms with Crippen molar-refractivity contribution in [1.29, 1.82) is 0 Å². The SMILES string of the molecule is Cc1cc(NCCC2=CCCCC2)nc(NCCc2cccc(Cl)c2)n1. The first-order chi connectivity index (χ1) is 12.7. The zero-order valence-electron chi connectivity index (χ0n) is 15.4. The Morgan fingerprint density at radius 3 is 2.73 bits per heavy atom. The summed E-state index contributed by atoms with van der Waals surface area (Å²) in [5.74, 6) is 1.56. The fourth-order valence-corrected chi connectivity index (χ4v) is 3.45. The summed E-state index contributed by atoms with van der Waals surface area (Å²) in [5.41, 5.74) is 3.75. The molecule has 0 radical (unpaired) electrons. The van der Waals surface area contributed by atoms with E-state index in [1.54, 1.807) is 5.57 Å². The minimum absolute atomic E-state index is 0.673. The lowest BCUT2D eigenvalue weighted by molar-refractivity contribution is 0.679. The monoisotopic (exact) mass is 370 g/mol. The van der Waals surface area contributed by atoms with E-state index < -0.39 is 0 Å².